The minimum atomic E-state index is -0.894. The lowest BCUT2D eigenvalue weighted by atomic mass is 10.1. The molecule has 0 saturated carbocycles. The molecule has 3 atom stereocenters. The highest BCUT2D eigenvalue weighted by atomic mass is 32.2. The fraction of sp³-hybridized carbons (Fsp3) is 0.846. The van der Waals surface area contributed by atoms with E-state index < -0.39 is 5.97 Å². The quantitative estimate of drug-likeness (QED) is 0.827. The molecule has 20 heavy (non-hydrogen) atoms. The summed E-state index contributed by atoms with van der Waals surface area (Å²) in [6, 6.07) is -0.396. The monoisotopic (exact) mass is 302 g/mol. The number of carboxylic acids is 1. The normalized spacial score (nSPS) is 31.2. The summed E-state index contributed by atoms with van der Waals surface area (Å²) in [5.41, 5.74) is 0. The van der Waals surface area contributed by atoms with Crippen molar-refractivity contribution in [3.8, 4) is 0 Å². The van der Waals surface area contributed by atoms with Gasteiger partial charge in [-0.05, 0) is 0 Å². The van der Waals surface area contributed by atoms with Gasteiger partial charge in [0.2, 0.25) is 0 Å². The van der Waals surface area contributed by atoms with Gasteiger partial charge in [-0.25, -0.2) is 4.79 Å². The van der Waals surface area contributed by atoms with E-state index in [0.29, 0.717) is 30.3 Å². The van der Waals surface area contributed by atoms with Crippen molar-refractivity contribution < 1.29 is 19.4 Å². The zero-order valence-corrected chi connectivity index (χ0v) is 12.8. The van der Waals surface area contributed by atoms with Crippen molar-refractivity contribution in [3.05, 3.63) is 0 Å². The average Bonchev–Trinajstić information content (AvgIpc) is 2.36. The molecule has 0 aromatic rings. The van der Waals surface area contributed by atoms with E-state index in [0.717, 1.165) is 13.1 Å². The summed E-state index contributed by atoms with van der Waals surface area (Å²) in [6.07, 6.45) is -0.0561. The number of aliphatic carboxylic acids is 1. The number of carbonyl (C=O) groups excluding carboxylic acids is 1. The molecule has 2 aliphatic heterocycles. The second-order valence-corrected chi connectivity index (χ2v) is 7.35. The van der Waals surface area contributed by atoms with Crippen molar-refractivity contribution in [1.82, 2.24) is 9.80 Å². The molecular weight excluding hydrogens is 280 g/mol. The van der Waals surface area contributed by atoms with Gasteiger partial charge in [0.1, 0.15) is 0 Å². The Kier molecular flexibility index (Phi) is 5.15. The third-order valence-electron chi connectivity index (χ3n) is 3.57. The molecule has 0 aliphatic carbocycles. The molecule has 1 N–H and O–H groups in total. The van der Waals surface area contributed by atoms with Gasteiger partial charge >= 0.3 is 12.0 Å². The Balaban J connectivity index is 2.03. The van der Waals surface area contributed by atoms with Crippen LogP contribution in [0, 0.1) is 0 Å². The van der Waals surface area contributed by atoms with Crippen LogP contribution in [0.3, 0.4) is 0 Å². The molecule has 2 amide bonds. The molecule has 0 aromatic heterocycles. The summed E-state index contributed by atoms with van der Waals surface area (Å²) in [5, 5.41) is 9.79. The maximum atomic E-state index is 12.6. The number of hydrogen-bond donors (Lipinski definition) is 1. The molecule has 2 heterocycles. The van der Waals surface area contributed by atoms with Crippen LogP contribution < -0.4 is 0 Å². The highest BCUT2D eigenvalue weighted by Crippen LogP contribution is 2.26. The summed E-state index contributed by atoms with van der Waals surface area (Å²) in [5.74, 6) is -0.894. The maximum absolute atomic E-state index is 12.6. The Hall–Kier alpha value is -0.950. The molecule has 2 fully saturated rings. The standard InChI is InChI=1S/C13H22N2O4S/c1-9-6-14(7-10(2)20-9)13(18)15-3-4-19-8-11(15)5-12(16)17/h9-11H,3-8H2,1-2H3,(H,16,17). The average molecular weight is 302 g/mol. The Bertz CT molecular complexity index is 369. The number of rotatable bonds is 2. The molecule has 3 unspecified atom stereocenters. The van der Waals surface area contributed by atoms with Gasteiger partial charge in [-0.3, -0.25) is 4.79 Å². The van der Waals surface area contributed by atoms with Crippen LogP contribution in [0.1, 0.15) is 20.3 Å². The minimum Gasteiger partial charge on any atom is -0.481 e. The van der Waals surface area contributed by atoms with Crippen LogP contribution in [0.15, 0.2) is 0 Å². The van der Waals surface area contributed by atoms with Gasteiger partial charge in [-0.1, -0.05) is 13.8 Å². The first kappa shape index (κ1) is 15.4. The van der Waals surface area contributed by atoms with Crippen molar-refractivity contribution in [2.75, 3.05) is 32.8 Å². The number of nitrogens with zero attached hydrogens (tertiary/aromatic N) is 2. The van der Waals surface area contributed by atoms with Crippen LogP contribution in [0.2, 0.25) is 0 Å². The van der Waals surface area contributed by atoms with Gasteiger partial charge in [0.25, 0.3) is 0 Å². The number of ether oxygens (including phenoxy) is 1. The number of hydrogen-bond acceptors (Lipinski definition) is 4. The van der Waals surface area contributed by atoms with E-state index in [-0.39, 0.29) is 18.5 Å². The second kappa shape index (κ2) is 6.67. The summed E-state index contributed by atoms with van der Waals surface area (Å²) in [4.78, 5) is 27.1. The third-order valence-corrected chi connectivity index (χ3v) is 4.80. The first-order chi connectivity index (χ1) is 9.47. The van der Waals surface area contributed by atoms with E-state index in [4.69, 9.17) is 9.84 Å². The first-order valence-corrected chi connectivity index (χ1v) is 7.92. The zero-order chi connectivity index (χ0) is 14.7. The Morgan fingerprint density at radius 3 is 2.55 bits per heavy atom. The van der Waals surface area contributed by atoms with Gasteiger partial charge < -0.3 is 19.6 Å². The van der Waals surface area contributed by atoms with Crippen molar-refractivity contribution in [2.24, 2.45) is 0 Å². The van der Waals surface area contributed by atoms with Crippen molar-refractivity contribution >= 4 is 23.8 Å². The lowest BCUT2D eigenvalue weighted by Gasteiger charge is -2.41. The second-order valence-electron chi connectivity index (χ2n) is 5.46. The summed E-state index contributed by atoms with van der Waals surface area (Å²) in [6.45, 7) is 6.96. The highest BCUT2D eigenvalue weighted by Gasteiger charge is 2.34. The fourth-order valence-corrected chi connectivity index (χ4v) is 4.12. The van der Waals surface area contributed by atoms with E-state index >= 15 is 0 Å². The van der Waals surface area contributed by atoms with Crippen LogP contribution in [0.5, 0.6) is 0 Å². The number of carbonyl (C=O) groups is 2. The predicted octanol–water partition coefficient (Wildman–Crippen LogP) is 1.11. The van der Waals surface area contributed by atoms with Crippen LogP contribution in [-0.2, 0) is 9.53 Å². The molecule has 6 nitrogen and oxygen atoms in total. The van der Waals surface area contributed by atoms with E-state index in [9.17, 15) is 9.59 Å². The molecule has 7 heteroatoms. The van der Waals surface area contributed by atoms with E-state index in [1.54, 1.807) is 4.90 Å². The summed E-state index contributed by atoms with van der Waals surface area (Å²) < 4.78 is 5.31. The highest BCUT2D eigenvalue weighted by molar-refractivity contribution is 8.00. The largest absolute Gasteiger partial charge is 0.481 e. The topological polar surface area (TPSA) is 70.1 Å². The SMILES string of the molecule is CC1CN(C(=O)N2CCOCC2CC(=O)O)CC(C)S1. The van der Waals surface area contributed by atoms with Gasteiger partial charge in [-0.2, -0.15) is 11.8 Å². The van der Waals surface area contributed by atoms with Gasteiger partial charge in [0.15, 0.2) is 0 Å². The van der Waals surface area contributed by atoms with Crippen molar-refractivity contribution in [3.63, 3.8) is 0 Å². The van der Waals surface area contributed by atoms with Crippen molar-refractivity contribution in [2.45, 2.75) is 36.8 Å². The predicted molar refractivity (Wildman–Crippen MR) is 77.0 cm³/mol. The van der Waals surface area contributed by atoms with Crippen LogP contribution in [0.4, 0.5) is 4.79 Å². The number of amides is 2. The van der Waals surface area contributed by atoms with E-state index in [2.05, 4.69) is 13.8 Å². The molecule has 2 saturated heterocycles. The number of carboxylic acid groups (broad SMARTS) is 1. The molecule has 0 bridgehead atoms. The van der Waals surface area contributed by atoms with Gasteiger partial charge in [0, 0.05) is 30.1 Å². The van der Waals surface area contributed by atoms with Gasteiger partial charge in [-0.15, -0.1) is 0 Å². The number of morpholine rings is 1. The lowest BCUT2D eigenvalue weighted by molar-refractivity contribution is -0.139. The van der Waals surface area contributed by atoms with Crippen LogP contribution in [0.25, 0.3) is 0 Å². The third kappa shape index (κ3) is 3.79. The number of urea groups is 1. The molecule has 2 aliphatic rings. The zero-order valence-electron chi connectivity index (χ0n) is 11.9. The molecule has 0 radical (unpaired) electrons. The first-order valence-electron chi connectivity index (χ1n) is 6.98. The molecular formula is C13H22N2O4S. The number of thioether (sulfide) groups is 1. The summed E-state index contributed by atoms with van der Waals surface area (Å²) >= 11 is 1.89. The van der Waals surface area contributed by atoms with Crippen LogP contribution in [-0.4, -0.2) is 76.3 Å². The molecule has 0 aromatic carbocycles. The molecule has 0 spiro atoms. The molecule has 114 valence electrons. The van der Waals surface area contributed by atoms with Crippen LogP contribution >= 0.6 is 11.8 Å². The Labute approximate surface area is 123 Å². The van der Waals surface area contributed by atoms with Crippen molar-refractivity contribution in [1.29, 1.82) is 0 Å². The Morgan fingerprint density at radius 2 is 1.95 bits per heavy atom. The fourth-order valence-electron chi connectivity index (χ4n) is 2.79. The Morgan fingerprint density at radius 1 is 1.30 bits per heavy atom. The van der Waals surface area contributed by atoms with E-state index in [1.807, 2.05) is 16.7 Å². The van der Waals surface area contributed by atoms with Gasteiger partial charge in [0.05, 0.1) is 25.7 Å². The molecule has 2 rings (SSSR count). The lowest BCUT2D eigenvalue weighted by Crippen LogP contribution is -2.57. The summed E-state index contributed by atoms with van der Waals surface area (Å²) in [7, 11) is 0. The maximum Gasteiger partial charge on any atom is 0.320 e. The smallest absolute Gasteiger partial charge is 0.320 e. The minimum absolute atomic E-state index is 0.0430. The van der Waals surface area contributed by atoms with E-state index in [1.165, 1.54) is 0 Å².